The number of hydrogen-bond donors (Lipinski definition) is 2. The van der Waals surface area contributed by atoms with Gasteiger partial charge in [-0.15, -0.1) is 0 Å². The fourth-order valence-corrected chi connectivity index (χ4v) is 3.30. The molecule has 0 unspecified atom stereocenters. The van der Waals surface area contributed by atoms with Crippen molar-refractivity contribution in [2.45, 2.75) is 40.5 Å². The van der Waals surface area contributed by atoms with Crippen molar-refractivity contribution in [3.05, 3.63) is 48.5 Å². The number of carbonyl (C=O) groups is 3. The molecule has 0 aliphatic carbocycles. The van der Waals surface area contributed by atoms with Crippen LogP contribution in [-0.4, -0.2) is 48.9 Å². The summed E-state index contributed by atoms with van der Waals surface area (Å²) in [4.78, 5) is 32.3. The number of carbonyl (C=O) groups excluding carboxylic acids is 3. The summed E-state index contributed by atoms with van der Waals surface area (Å²) in [6.45, 7) is 11.1. The van der Waals surface area contributed by atoms with E-state index in [4.69, 9.17) is 9.90 Å². The normalized spacial score (nSPS) is 10.8. The lowest BCUT2D eigenvalue weighted by Crippen LogP contribution is -2.51. The van der Waals surface area contributed by atoms with Gasteiger partial charge < -0.3 is 25.0 Å². The lowest BCUT2D eigenvalue weighted by molar-refractivity contribution is -0.915. The maximum atomic E-state index is 12.4. The molecule has 9 nitrogen and oxygen atoms in total. The molecule has 0 fully saturated rings. The fraction of sp³-hybridized carbons (Fsp3) is 0.400. The van der Waals surface area contributed by atoms with Gasteiger partial charge >= 0.3 is 0 Å². The second kappa shape index (κ2) is 15.3. The van der Waals surface area contributed by atoms with E-state index in [9.17, 15) is 9.59 Å². The number of azo groups is 1. The number of likely N-dealkylation sites (N-methyl/N-ethyl adjacent to an activating group) is 1. The lowest BCUT2D eigenvalue weighted by atomic mass is 10.2. The highest BCUT2D eigenvalue weighted by Gasteiger charge is 2.24. The van der Waals surface area contributed by atoms with Crippen LogP contribution in [0.2, 0.25) is 0 Å². The molecule has 34 heavy (non-hydrogen) atoms. The summed E-state index contributed by atoms with van der Waals surface area (Å²) >= 11 is 0. The minimum absolute atomic E-state index is 0.00720. The van der Waals surface area contributed by atoms with Crippen molar-refractivity contribution in [1.82, 2.24) is 0 Å². The van der Waals surface area contributed by atoms with Crippen molar-refractivity contribution >= 4 is 41.0 Å². The molecule has 0 aromatic heterocycles. The average Bonchev–Trinajstić information content (AvgIpc) is 2.84. The second-order valence-corrected chi connectivity index (χ2v) is 7.68. The van der Waals surface area contributed by atoms with E-state index in [0.29, 0.717) is 24.3 Å². The Labute approximate surface area is 201 Å². The molecular weight excluding hydrogens is 434 g/mol. The van der Waals surface area contributed by atoms with Gasteiger partial charge in [-0.3, -0.25) is 9.59 Å². The van der Waals surface area contributed by atoms with Gasteiger partial charge in [0.1, 0.15) is 0 Å². The summed E-state index contributed by atoms with van der Waals surface area (Å²) in [6, 6.07) is 14.5. The van der Waals surface area contributed by atoms with Crippen LogP contribution in [0, 0.1) is 0 Å². The molecule has 0 aliphatic heterocycles. The monoisotopic (exact) mass is 469 g/mol. The Morgan fingerprint density at radius 3 is 1.53 bits per heavy atom. The van der Waals surface area contributed by atoms with E-state index >= 15 is 0 Å². The number of amides is 2. The van der Waals surface area contributed by atoms with E-state index < -0.39 is 6.47 Å². The van der Waals surface area contributed by atoms with Crippen LogP contribution in [0.4, 0.5) is 22.7 Å². The molecule has 0 heterocycles. The van der Waals surface area contributed by atoms with Crippen LogP contribution in [0.5, 0.6) is 0 Å². The average molecular weight is 470 g/mol. The Morgan fingerprint density at radius 1 is 0.794 bits per heavy atom. The molecule has 2 aromatic rings. The number of rotatable bonds is 11. The number of carboxylic acid groups (broad SMARTS) is 1. The van der Waals surface area contributed by atoms with Crippen LogP contribution < -0.4 is 15.7 Å². The fourth-order valence-electron chi connectivity index (χ4n) is 3.30. The zero-order valence-corrected chi connectivity index (χ0v) is 20.4. The van der Waals surface area contributed by atoms with E-state index in [1.807, 2.05) is 43.3 Å². The van der Waals surface area contributed by atoms with E-state index in [2.05, 4.69) is 41.6 Å². The maximum absolute atomic E-state index is 12.4. The molecular formula is C25H35N5O4. The smallest absolute Gasteiger partial charge is 0.279 e. The molecule has 2 N–H and O–H groups in total. The summed E-state index contributed by atoms with van der Waals surface area (Å²) in [5.41, 5.74) is 2.88. The summed E-state index contributed by atoms with van der Waals surface area (Å²) in [6.07, 6.45) is 1.32. The number of nitrogens with one attached hydrogen (secondary N) is 2. The van der Waals surface area contributed by atoms with Crippen LogP contribution in [0.15, 0.2) is 58.8 Å². The quantitative estimate of drug-likeness (QED) is 0.293. The highest BCUT2D eigenvalue weighted by Crippen LogP contribution is 2.22. The van der Waals surface area contributed by atoms with Gasteiger partial charge in [-0.25, -0.2) is 0 Å². The first-order valence-corrected chi connectivity index (χ1v) is 11.5. The number of benzene rings is 2. The number of hydrogen-bond acceptors (Lipinski definition) is 6. The van der Waals surface area contributed by atoms with Crippen LogP contribution in [0.1, 0.15) is 40.5 Å². The summed E-state index contributed by atoms with van der Waals surface area (Å²) < 4.78 is 0.777. The standard InChI is InChI=1S/C24H33N5O2.CH2O2/c1-5-9-23(30)25-19-10-14-21(15-11-19)27-28-22-16-12-20(13-17-22)26-24(31)18-29(6-2,7-3)8-4;2-1-3/h10-17H,5-9,18H2,1-4H3,(H-,25,26,27,28,30,31);1H,(H,2,3). The van der Waals surface area contributed by atoms with Crippen LogP contribution >= 0.6 is 0 Å². The SMILES string of the molecule is CCCC(=O)Nc1ccc(N=Nc2ccc(NC(=O)C[N+](CC)(CC)CC)cc2)cc1.O=C[O-]. The number of anilines is 2. The molecule has 2 rings (SSSR count). The molecule has 0 atom stereocenters. The molecule has 0 aliphatic rings. The number of nitrogens with zero attached hydrogens (tertiary/aromatic N) is 3. The molecule has 0 saturated carbocycles. The van der Waals surface area contributed by atoms with Gasteiger partial charge in [0.05, 0.1) is 31.0 Å². The topological polar surface area (TPSA) is 123 Å². The predicted octanol–water partition coefficient (Wildman–Crippen LogP) is 4.02. The molecule has 0 radical (unpaired) electrons. The summed E-state index contributed by atoms with van der Waals surface area (Å²) in [7, 11) is 0. The largest absolute Gasteiger partial charge is 0.554 e. The van der Waals surface area contributed by atoms with Gasteiger partial charge in [-0.05, 0) is 75.7 Å². The Kier molecular flexibility index (Phi) is 12.8. The molecule has 0 spiro atoms. The predicted molar refractivity (Wildman–Crippen MR) is 132 cm³/mol. The second-order valence-electron chi connectivity index (χ2n) is 7.68. The Bertz CT molecular complexity index is 915. The van der Waals surface area contributed by atoms with Crippen molar-refractivity contribution in [3.8, 4) is 0 Å². The first-order chi connectivity index (χ1) is 16.3. The minimum atomic E-state index is -0.500. The van der Waals surface area contributed by atoms with Gasteiger partial charge in [-0.1, -0.05) is 6.92 Å². The first kappa shape index (κ1) is 28.4. The number of quaternary nitrogens is 1. The third-order valence-corrected chi connectivity index (χ3v) is 5.55. The zero-order valence-electron chi connectivity index (χ0n) is 20.4. The highest BCUT2D eigenvalue weighted by atomic mass is 16.3. The highest BCUT2D eigenvalue weighted by molar-refractivity contribution is 5.92. The minimum Gasteiger partial charge on any atom is -0.554 e. The molecule has 184 valence electrons. The van der Waals surface area contributed by atoms with E-state index in [0.717, 1.165) is 41.9 Å². The van der Waals surface area contributed by atoms with Gasteiger partial charge in [0.25, 0.3) is 5.91 Å². The van der Waals surface area contributed by atoms with E-state index in [1.165, 1.54) is 0 Å². The molecule has 0 bridgehead atoms. The third-order valence-electron chi connectivity index (χ3n) is 5.55. The van der Waals surface area contributed by atoms with Gasteiger partial charge in [0.2, 0.25) is 5.91 Å². The maximum Gasteiger partial charge on any atom is 0.279 e. The van der Waals surface area contributed by atoms with Crippen molar-refractivity contribution in [2.75, 3.05) is 36.8 Å². The van der Waals surface area contributed by atoms with Crippen molar-refractivity contribution in [2.24, 2.45) is 10.2 Å². The zero-order chi connectivity index (χ0) is 25.4. The van der Waals surface area contributed by atoms with Gasteiger partial charge in [0.15, 0.2) is 6.54 Å². The molecule has 2 aromatic carbocycles. The molecule has 9 heteroatoms. The Morgan fingerprint density at radius 2 is 1.18 bits per heavy atom. The summed E-state index contributed by atoms with van der Waals surface area (Å²) in [5.74, 6) is 0.0267. The first-order valence-electron chi connectivity index (χ1n) is 11.5. The van der Waals surface area contributed by atoms with E-state index in [1.54, 1.807) is 12.1 Å². The third kappa shape index (κ3) is 9.91. The van der Waals surface area contributed by atoms with Crippen molar-refractivity contribution in [1.29, 1.82) is 0 Å². The summed E-state index contributed by atoms with van der Waals surface area (Å²) in [5, 5.41) is 22.5. The van der Waals surface area contributed by atoms with Crippen molar-refractivity contribution < 1.29 is 24.0 Å². The van der Waals surface area contributed by atoms with Crippen LogP contribution in [0.3, 0.4) is 0 Å². The Balaban J connectivity index is 0.00000182. The van der Waals surface area contributed by atoms with Crippen LogP contribution in [0.25, 0.3) is 0 Å². The van der Waals surface area contributed by atoms with E-state index in [-0.39, 0.29) is 11.8 Å². The van der Waals surface area contributed by atoms with Crippen LogP contribution in [-0.2, 0) is 14.4 Å². The van der Waals surface area contributed by atoms with Crippen molar-refractivity contribution in [3.63, 3.8) is 0 Å². The van der Waals surface area contributed by atoms with Gasteiger partial charge in [-0.2, -0.15) is 10.2 Å². The molecule has 2 amide bonds. The lowest BCUT2D eigenvalue weighted by Gasteiger charge is -2.34. The van der Waals surface area contributed by atoms with Gasteiger partial charge in [0, 0.05) is 24.3 Å². The Hall–Kier alpha value is -3.59. The molecule has 0 saturated heterocycles.